The molecule has 0 saturated carbocycles. The van der Waals surface area contributed by atoms with E-state index >= 15 is 0 Å². The molecule has 0 aliphatic rings. The van der Waals surface area contributed by atoms with Gasteiger partial charge < -0.3 is 35.6 Å². The van der Waals surface area contributed by atoms with Crippen molar-refractivity contribution in [2.45, 2.75) is 46.2 Å². The molecule has 220 valence electrons. The Labute approximate surface area is 225 Å². The number of nitrogens with zero attached hydrogens (tertiary/aromatic N) is 1. The fourth-order valence-corrected chi connectivity index (χ4v) is 5.38. The molecule has 0 unspecified atom stereocenters. The number of halogens is 3. The van der Waals surface area contributed by atoms with E-state index < -0.39 is 28.1 Å². The van der Waals surface area contributed by atoms with Gasteiger partial charge in [0.25, 0.3) is 0 Å². The van der Waals surface area contributed by atoms with Gasteiger partial charge in [-0.1, -0.05) is 26.0 Å². The minimum Gasteiger partial charge on any atom is -0.542 e. The number of phenols is 4. The van der Waals surface area contributed by atoms with E-state index in [1.807, 2.05) is 19.2 Å². The van der Waals surface area contributed by atoms with Crippen LogP contribution in [0.5, 0.6) is 23.0 Å². The maximum atomic E-state index is 12.4. The van der Waals surface area contributed by atoms with Gasteiger partial charge in [0.2, 0.25) is 10.0 Å². The molecule has 0 fully saturated rings. The van der Waals surface area contributed by atoms with Gasteiger partial charge in [-0.05, 0) is 26.0 Å². The van der Waals surface area contributed by atoms with Gasteiger partial charge in [0.1, 0.15) is 34.7 Å². The first-order valence-corrected chi connectivity index (χ1v) is 13.7. The van der Waals surface area contributed by atoms with E-state index in [0.29, 0.717) is 54.9 Å². The molecular weight excluding hydrogens is 545 g/mol. The summed E-state index contributed by atoms with van der Waals surface area (Å²) in [5.41, 5.74) is 1.78. The first-order valence-electron chi connectivity index (χ1n) is 12.1. The van der Waals surface area contributed by atoms with E-state index in [2.05, 4.69) is 0 Å². The second-order valence-corrected chi connectivity index (χ2v) is 10.8. The Kier molecular flexibility index (Phi) is 12.3. The quantitative estimate of drug-likeness (QED) is 0.246. The van der Waals surface area contributed by atoms with Gasteiger partial charge in [0.05, 0.1) is 13.1 Å². The van der Waals surface area contributed by atoms with Crippen LogP contribution in [-0.2, 0) is 14.8 Å². The van der Waals surface area contributed by atoms with Gasteiger partial charge in [0, 0.05) is 47.7 Å². The van der Waals surface area contributed by atoms with Crippen LogP contribution >= 0.6 is 0 Å². The van der Waals surface area contributed by atoms with E-state index in [0.717, 1.165) is 0 Å². The van der Waals surface area contributed by atoms with Crippen LogP contribution in [0.1, 0.15) is 48.4 Å². The molecule has 0 bridgehead atoms. The Balaban J connectivity index is 0.000000956. The SMILES string of the molecule is CCN(CC)S(=O)(=O)CC[NH2+]CCC(c1ccc(O)c(C)c1O)c1ccc(O)c(C)c1O.O=C([O-])C(F)(F)F. The molecule has 2 aromatic carbocycles. The predicted molar refractivity (Wildman–Crippen MR) is 135 cm³/mol. The van der Waals surface area contributed by atoms with Crippen LogP contribution in [0.4, 0.5) is 13.2 Å². The Morgan fingerprint density at radius 1 is 0.923 bits per heavy atom. The zero-order valence-electron chi connectivity index (χ0n) is 22.1. The van der Waals surface area contributed by atoms with E-state index in [1.54, 1.807) is 26.0 Å². The summed E-state index contributed by atoms with van der Waals surface area (Å²) in [6.07, 6.45) is -4.69. The molecule has 0 aromatic heterocycles. The van der Waals surface area contributed by atoms with Crippen LogP contribution in [-0.4, -0.2) is 77.2 Å². The van der Waals surface area contributed by atoms with Crippen molar-refractivity contribution in [3.8, 4) is 23.0 Å². The van der Waals surface area contributed by atoms with Crippen molar-refractivity contribution in [2.75, 3.05) is 31.9 Å². The highest BCUT2D eigenvalue weighted by molar-refractivity contribution is 7.89. The number of benzene rings is 2. The number of carboxylic acids is 1. The molecule has 6 N–H and O–H groups in total. The molecule has 10 nitrogen and oxygen atoms in total. The fourth-order valence-electron chi connectivity index (χ4n) is 3.87. The smallest absolute Gasteiger partial charge is 0.430 e. The zero-order chi connectivity index (χ0) is 30.1. The summed E-state index contributed by atoms with van der Waals surface area (Å²) < 4.78 is 57.7. The van der Waals surface area contributed by atoms with Crippen molar-refractivity contribution >= 4 is 16.0 Å². The third-order valence-corrected chi connectivity index (χ3v) is 8.24. The maximum absolute atomic E-state index is 12.4. The molecular formula is C25H35F3N2O8S. The van der Waals surface area contributed by atoms with Gasteiger partial charge >= 0.3 is 6.18 Å². The van der Waals surface area contributed by atoms with Gasteiger partial charge in [0.15, 0.2) is 0 Å². The molecule has 0 saturated heterocycles. The third kappa shape index (κ3) is 9.18. The molecule has 2 rings (SSSR count). The van der Waals surface area contributed by atoms with E-state index in [4.69, 9.17) is 9.90 Å². The fraction of sp³-hybridized carbons (Fsp3) is 0.480. The molecule has 0 aliphatic heterocycles. The minimum absolute atomic E-state index is 0.0238. The Morgan fingerprint density at radius 3 is 1.69 bits per heavy atom. The van der Waals surface area contributed by atoms with Gasteiger partial charge in [-0.2, -0.15) is 13.2 Å². The molecule has 0 heterocycles. The Bertz CT molecular complexity index is 1180. The van der Waals surface area contributed by atoms with Crippen molar-refractivity contribution in [1.29, 1.82) is 0 Å². The molecule has 2 aromatic rings. The summed E-state index contributed by atoms with van der Waals surface area (Å²) in [6, 6.07) is 6.24. The Hall–Kier alpha value is -3.23. The number of carbonyl (C=O) groups is 1. The lowest BCUT2D eigenvalue weighted by molar-refractivity contribution is -0.651. The summed E-state index contributed by atoms with van der Waals surface area (Å²) >= 11 is 0. The number of hydrogen-bond acceptors (Lipinski definition) is 8. The largest absolute Gasteiger partial charge is 0.542 e. The van der Waals surface area contributed by atoms with Crippen LogP contribution in [0.25, 0.3) is 0 Å². The lowest BCUT2D eigenvalue weighted by Gasteiger charge is -2.22. The highest BCUT2D eigenvalue weighted by Gasteiger charge is 2.29. The minimum atomic E-state index is -5.19. The van der Waals surface area contributed by atoms with Crippen molar-refractivity contribution in [3.63, 3.8) is 0 Å². The number of sulfonamides is 1. The number of aromatic hydroxyl groups is 4. The van der Waals surface area contributed by atoms with E-state index in [9.17, 15) is 42.0 Å². The molecule has 0 atom stereocenters. The van der Waals surface area contributed by atoms with Gasteiger partial charge in [-0.15, -0.1) is 0 Å². The first-order chi connectivity index (χ1) is 18.0. The van der Waals surface area contributed by atoms with E-state index in [1.165, 1.54) is 16.4 Å². The lowest BCUT2D eigenvalue weighted by Crippen LogP contribution is -2.85. The molecule has 14 heteroatoms. The average Bonchev–Trinajstić information content (AvgIpc) is 2.85. The number of rotatable bonds is 11. The monoisotopic (exact) mass is 580 g/mol. The second kappa shape index (κ2) is 14.2. The summed E-state index contributed by atoms with van der Waals surface area (Å²) in [4.78, 5) is 8.78. The van der Waals surface area contributed by atoms with Gasteiger partial charge in [-0.25, -0.2) is 12.7 Å². The first kappa shape index (κ1) is 33.8. The standard InChI is InChI=1S/C23H34N2O6S.C2HF3O2/c1-5-25(6-2)32(30,31)14-13-24-12-11-17(18-7-9-20(26)15(3)22(18)28)19-8-10-21(27)16(4)23(19)29;3-2(4,5)1(6)7/h7-10,17,24,26-29H,5-6,11-14H2,1-4H3;(H,6,7). The summed E-state index contributed by atoms with van der Waals surface area (Å²) in [7, 11) is -3.30. The van der Waals surface area contributed by atoms with E-state index in [-0.39, 0.29) is 28.8 Å². The van der Waals surface area contributed by atoms with Crippen LogP contribution in [0.3, 0.4) is 0 Å². The number of phenolic OH excluding ortho intramolecular Hbond substituents is 4. The highest BCUT2D eigenvalue weighted by atomic mass is 32.2. The third-order valence-electron chi connectivity index (χ3n) is 6.19. The Morgan fingerprint density at radius 2 is 1.33 bits per heavy atom. The summed E-state index contributed by atoms with van der Waals surface area (Å²) in [6.45, 7) is 8.68. The maximum Gasteiger partial charge on any atom is 0.430 e. The second-order valence-electron chi connectivity index (χ2n) is 8.69. The van der Waals surface area contributed by atoms with Crippen LogP contribution < -0.4 is 10.4 Å². The van der Waals surface area contributed by atoms with Crippen LogP contribution in [0, 0.1) is 13.8 Å². The molecule has 0 spiro atoms. The van der Waals surface area contributed by atoms with Crippen molar-refractivity contribution in [2.24, 2.45) is 0 Å². The van der Waals surface area contributed by atoms with Crippen LogP contribution in [0.2, 0.25) is 0 Å². The number of aliphatic carboxylic acids is 1. The molecule has 0 radical (unpaired) electrons. The number of quaternary nitrogens is 1. The number of carboxylic acid groups (broad SMARTS) is 1. The number of nitrogens with two attached hydrogens (primary N) is 1. The highest BCUT2D eigenvalue weighted by Crippen LogP contribution is 2.43. The summed E-state index contributed by atoms with van der Waals surface area (Å²) in [5.74, 6) is -3.54. The van der Waals surface area contributed by atoms with Gasteiger partial charge in [-0.3, -0.25) is 0 Å². The lowest BCUT2D eigenvalue weighted by atomic mass is 9.85. The van der Waals surface area contributed by atoms with Crippen molar-refractivity contribution < 1.29 is 57.2 Å². The van der Waals surface area contributed by atoms with Crippen molar-refractivity contribution in [3.05, 3.63) is 46.5 Å². The number of alkyl halides is 3. The number of carbonyl (C=O) groups excluding carboxylic acids is 1. The average molecular weight is 581 g/mol. The molecule has 0 amide bonds. The zero-order valence-corrected chi connectivity index (χ0v) is 22.9. The molecule has 39 heavy (non-hydrogen) atoms. The topological polar surface area (TPSA) is 175 Å². The van der Waals surface area contributed by atoms with Crippen LogP contribution in [0.15, 0.2) is 24.3 Å². The predicted octanol–water partition coefficient (Wildman–Crippen LogP) is 1.18. The number of hydrogen-bond donors (Lipinski definition) is 5. The summed E-state index contributed by atoms with van der Waals surface area (Å²) in [5, 5.41) is 51.8. The van der Waals surface area contributed by atoms with Crippen molar-refractivity contribution in [1.82, 2.24) is 4.31 Å². The molecule has 0 aliphatic carbocycles. The normalized spacial score (nSPS) is 11.9.